The van der Waals surface area contributed by atoms with E-state index >= 15 is 0 Å². The number of hydrogen-bond acceptors (Lipinski definition) is 3. The minimum absolute atomic E-state index is 0.566. The van der Waals surface area contributed by atoms with Gasteiger partial charge in [-0.2, -0.15) is 5.26 Å². The number of hydrogen-bond donors (Lipinski definition) is 1. The van der Waals surface area contributed by atoms with Gasteiger partial charge in [0.05, 0.1) is 5.56 Å². The summed E-state index contributed by atoms with van der Waals surface area (Å²) in [6.45, 7) is 8.10. The molecular weight excluding hydrogens is 234 g/mol. The molecule has 0 aliphatic rings. The lowest BCUT2D eigenvalue weighted by molar-refractivity contribution is 1.27. The predicted molar refractivity (Wildman–Crippen MR) is 79.5 cm³/mol. The lowest BCUT2D eigenvalue weighted by Crippen LogP contribution is -1.96. The SMILES string of the molecule is CC.Cc1ccc(C)c(Nc2ccc(C#N)cn2)c1. The fraction of sp³-hybridized carbons (Fsp3) is 0.250. The third-order valence-corrected chi connectivity index (χ3v) is 2.55. The zero-order valence-electron chi connectivity index (χ0n) is 11.9. The van der Waals surface area contributed by atoms with Gasteiger partial charge in [0.25, 0.3) is 0 Å². The van der Waals surface area contributed by atoms with Crippen LogP contribution in [-0.2, 0) is 0 Å². The molecule has 0 unspecified atom stereocenters. The molecule has 1 aromatic heterocycles. The van der Waals surface area contributed by atoms with Crippen molar-refractivity contribution in [3.05, 3.63) is 53.2 Å². The van der Waals surface area contributed by atoms with Crippen molar-refractivity contribution in [2.45, 2.75) is 27.7 Å². The van der Waals surface area contributed by atoms with Crippen LogP contribution < -0.4 is 5.32 Å². The van der Waals surface area contributed by atoms with E-state index in [9.17, 15) is 0 Å². The van der Waals surface area contributed by atoms with Gasteiger partial charge in [0, 0.05) is 11.9 Å². The van der Waals surface area contributed by atoms with Crippen LogP contribution in [0.15, 0.2) is 36.5 Å². The second kappa shape index (κ2) is 7.17. The van der Waals surface area contributed by atoms with Gasteiger partial charge < -0.3 is 5.32 Å². The molecule has 98 valence electrons. The second-order valence-corrected chi connectivity index (χ2v) is 3.99. The standard InChI is InChI=1S/C14H13N3.C2H6/c1-10-3-4-11(2)13(7-10)17-14-6-5-12(8-15)9-16-14;1-2/h3-7,9H,1-2H3,(H,16,17);1-2H3. The van der Waals surface area contributed by atoms with Crippen LogP contribution in [-0.4, -0.2) is 4.98 Å². The number of pyridine rings is 1. The molecule has 0 radical (unpaired) electrons. The monoisotopic (exact) mass is 253 g/mol. The molecule has 1 aromatic carbocycles. The molecule has 0 saturated carbocycles. The van der Waals surface area contributed by atoms with Gasteiger partial charge in [-0.25, -0.2) is 4.98 Å². The number of nitriles is 1. The van der Waals surface area contributed by atoms with Crippen LogP contribution in [0.1, 0.15) is 30.5 Å². The topological polar surface area (TPSA) is 48.7 Å². The number of aromatic nitrogens is 1. The Morgan fingerprint density at radius 1 is 1.11 bits per heavy atom. The first-order valence-corrected chi connectivity index (χ1v) is 6.39. The highest BCUT2D eigenvalue weighted by atomic mass is 15.0. The molecule has 19 heavy (non-hydrogen) atoms. The molecule has 3 heteroatoms. The third-order valence-electron chi connectivity index (χ3n) is 2.55. The van der Waals surface area contributed by atoms with Crippen LogP contribution in [0, 0.1) is 25.2 Å². The van der Waals surface area contributed by atoms with Gasteiger partial charge in [0.15, 0.2) is 0 Å². The van der Waals surface area contributed by atoms with Gasteiger partial charge in [0.2, 0.25) is 0 Å². The minimum Gasteiger partial charge on any atom is -0.340 e. The molecule has 0 atom stereocenters. The van der Waals surface area contributed by atoms with Gasteiger partial charge in [-0.05, 0) is 43.2 Å². The maximum absolute atomic E-state index is 8.69. The predicted octanol–water partition coefficient (Wildman–Crippen LogP) is 4.34. The van der Waals surface area contributed by atoms with Crippen molar-refractivity contribution in [2.24, 2.45) is 0 Å². The van der Waals surface area contributed by atoms with Crippen LogP contribution in [0.3, 0.4) is 0 Å². The summed E-state index contributed by atoms with van der Waals surface area (Å²) in [5.74, 6) is 0.748. The van der Waals surface area contributed by atoms with Gasteiger partial charge in [-0.1, -0.05) is 26.0 Å². The first-order chi connectivity index (χ1) is 9.19. The lowest BCUT2D eigenvalue weighted by Gasteiger charge is -2.09. The molecular formula is C16H19N3. The summed E-state index contributed by atoms with van der Waals surface area (Å²) < 4.78 is 0. The fourth-order valence-corrected chi connectivity index (χ4v) is 1.54. The maximum atomic E-state index is 8.69. The van der Waals surface area contributed by atoms with Crippen molar-refractivity contribution in [1.82, 2.24) is 4.98 Å². The zero-order chi connectivity index (χ0) is 14.3. The van der Waals surface area contributed by atoms with E-state index in [4.69, 9.17) is 5.26 Å². The summed E-state index contributed by atoms with van der Waals surface area (Å²) in [5, 5.41) is 11.9. The molecule has 1 heterocycles. The van der Waals surface area contributed by atoms with E-state index in [0.29, 0.717) is 5.56 Å². The van der Waals surface area contributed by atoms with Gasteiger partial charge in [0.1, 0.15) is 11.9 Å². The highest BCUT2D eigenvalue weighted by molar-refractivity contribution is 5.61. The molecule has 0 aliphatic carbocycles. The Balaban J connectivity index is 0.000000861. The summed E-state index contributed by atoms with van der Waals surface area (Å²) in [5.41, 5.74) is 3.98. The number of aryl methyl sites for hydroxylation is 2. The quantitative estimate of drug-likeness (QED) is 0.866. The molecule has 2 rings (SSSR count). The van der Waals surface area contributed by atoms with Crippen molar-refractivity contribution >= 4 is 11.5 Å². The second-order valence-electron chi connectivity index (χ2n) is 3.99. The summed E-state index contributed by atoms with van der Waals surface area (Å²) in [6.07, 6.45) is 1.56. The van der Waals surface area contributed by atoms with Crippen molar-refractivity contribution in [3.63, 3.8) is 0 Å². The van der Waals surface area contributed by atoms with Gasteiger partial charge >= 0.3 is 0 Å². The van der Waals surface area contributed by atoms with Crippen LogP contribution in [0.25, 0.3) is 0 Å². The van der Waals surface area contributed by atoms with E-state index in [-0.39, 0.29) is 0 Å². The summed E-state index contributed by atoms with van der Waals surface area (Å²) in [7, 11) is 0. The van der Waals surface area contributed by atoms with Crippen molar-refractivity contribution in [3.8, 4) is 6.07 Å². The molecule has 1 N–H and O–H groups in total. The number of benzene rings is 1. The Hall–Kier alpha value is -2.34. The van der Waals surface area contributed by atoms with E-state index < -0.39 is 0 Å². The number of anilines is 2. The number of nitrogens with one attached hydrogen (secondary N) is 1. The van der Waals surface area contributed by atoms with Crippen molar-refractivity contribution < 1.29 is 0 Å². The molecule has 0 saturated heterocycles. The lowest BCUT2D eigenvalue weighted by atomic mass is 10.1. The molecule has 0 aliphatic heterocycles. The van der Waals surface area contributed by atoms with Crippen LogP contribution in [0.5, 0.6) is 0 Å². The highest BCUT2D eigenvalue weighted by Gasteiger charge is 2.00. The van der Waals surface area contributed by atoms with Crippen LogP contribution in [0.4, 0.5) is 11.5 Å². The van der Waals surface area contributed by atoms with E-state index in [2.05, 4.69) is 35.4 Å². The summed E-state index contributed by atoms with van der Waals surface area (Å²) in [4.78, 5) is 4.18. The smallest absolute Gasteiger partial charge is 0.130 e. The Bertz CT molecular complexity index is 566. The Morgan fingerprint density at radius 3 is 2.42 bits per heavy atom. The van der Waals surface area contributed by atoms with Crippen LogP contribution >= 0.6 is 0 Å². The molecule has 0 spiro atoms. The molecule has 2 aromatic rings. The number of nitrogens with zero attached hydrogens (tertiary/aromatic N) is 2. The average molecular weight is 253 g/mol. The Labute approximate surface area is 114 Å². The van der Waals surface area contributed by atoms with Crippen molar-refractivity contribution in [1.29, 1.82) is 5.26 Å². The van der Waals surface area contributed by atoms with E-state index in [0.717, 1.165) is 11.5 Å². The normalized spacial score (nSPS) is 9.00. The Morgan fingerprint density at radius 2 is 1.84 bits per heavy atom. The Kier molecular flexibility index (Phi) is 5.56. The average Bonchev–Trinajstić information content (AvgIpc) is 2.46. The zero-order valence-corrected chi connectivity index (χ0v) is 11.9. The highest BCUT2D eigenvalue weighted by Crippen LogP contribution is 2.20. The van der Waals surface area contributed by atoms with Crippen molar-refractivity contribution in [2.75, 3.05) is 5.32 Å². The molecule has 3 nitrogen and oxygen atoms in total. The maximum Gasteiger partial charge on any atom is 0.130 e. The minimum atomic E-state index is 0.566. The van der Waals surface area contributed by atoms with E-state index in [1.807, 2.05) is 26.8 Å². The molecule has 0 fully saturated rings. The summed E-state index contributed by atoms with van der Waals surface area (Å²) in [6, 6.07) is 11.8. The van der Waals surface area contributed by atoms with E-state index in [1.54, 1.807) is 18.3 Å². The van der Waals surface area contributed by atoms with Gasteiger partial charge in [-0.15, -0.1) is 0 Å². The molecule has 0 amide bonds. The van der Waals surface area contributed by atoms with E-state index in [1.165, 1.54) is 11.1 Å². The fourth-order valence-electron chi connectivity index (χ4n) is 1.54. The largest absolute Gasteiger partial charge is 0.340 e. The van der Waals surface area contributed by atoms with Gasteiger partial charge in [-0.3, -0.25) is 0 Å². The summed E-state index contributed by atoms with van der Waals surface area (Å²) >= 11 is 0. The third kappa shape index (κ3) is 4.11. The molecule has 0 bridgehead atoms. The first-order valence-electron chi connectivity index (χ1n) is 6.39. The number of rotatable bonds is 2. The van der Waals surface area contributed by atoms with Crippen LogP contribution in [0.2, 0.25) is 0 Å². The first kappa shape index (κ1) is 14.7.